The van der Waals surface area contributed by atoms with Gasteiger partial charge in [-0.15, -0.1) is 6.42 Å². The summed E-state index contributed by atoms with van der Waals surface area (Å²) in [5.74, 6) is 2.70. The Morgan fingerprint density at radius 3 is 2.59 bits per heavy atom. The summed E-state index contributed by atoms with van der Waals surface area (Å²) in [4.78, 5) is 0. The second kappa shape index (κ2) is 5.94. The van der Waals surface area contributed by atoms with Crippen LogP contribution in [0.5, 0.6) is 0 Å². The van der Waals surface area contributed by atoms with Gasteiger partial charge in [0, 0.05) is 28.0 Å². The van der Waals surface area contributed by atoms with Crippen molar-refractivity contribution in [3.8, 4) is 12.3 Å². The highest BCUT2D eigenvalue weighted by atomic mass is 35.5. The first kappa shape index (κ1) is 17.3. The summed E-state index contributed by atoms with van der Waals surface area (Å²) in [6.45, 7) is 12.6. The van der Waals surface area contributed by atoms with Gasteiger partial charge in [0.2, 0.25) is 0 Å². The maximum absolute atomic E-state index is 6.64. The van der Waals surface area contributed by atoms with Gasteiger partial charge in [0.1, 0.15) is 0 Å². The Balaban J connectivity index is 1.91. The Hall–Kier alpha value is -3.15. The molecule has 0 fully saturated rings. The molecule has 1 aliphatic heterocycles. The van der Waals surface area contributed by atoms with Gasteiger partial charge in [-0.25, -0.2) is 0 Å². The van der Waals surface area contributed by atoms with Gasteiger partial charge in [0.05, 0.1) is 16.4 Å². The summed E-state index contributed by atoms with van der Waals surface area (Å²) in [5, 5.41) is 4.11. The van der Waals surface area contributed by atoms with Crippen LogP contribution in [-0.2, 0) is 0 Å². The summed E-state index contributed by atoms with van der Waals surface area (Å²) in [6, 6.07) is 5.90. The molecule has 132 valence electrons. The number of anilines is 2. The van der Waals surface area contributed by atoms with Crippen LogP contribution < -0.4 is 11.1 Å². The van der Waals surface area contributed by atoms with E-state index in [2.05, 4.69) is 37.4 Å². The molecule has 0 bridgehead atoms. The van der Waals surface area contributed by atoms with Crippen molar-refractivity contribution in [2.45, 2.75) is 13.8 Å². The predicted molar refractivity (Wildman–Crippen MR) is 117 cm³/mol. The number of allylic oxidation sites excluding steroid dienone is 4. The Labute approximate surface area is 164 Å². The molecule has 0 saturated heterocycles. The fraction of sp³-hybridized carbons (Fsp3) is 0.0833. The normalized spacial score (nSPS) is 17.4. The zero-order chi connectivity index (χ0) is 19.5. The molecule has 0 radical (unpaired) electrons. The maximum Gasteiger partial charge on any atom is 0.0694 e. The van der Waals surface area contributed by atoms with Gasteiger partial charge in [0.15, 0.2) is 0 Å². The molecule has 0 unspecified atom stereocenters. The number of aryl methyl sites for hydroxylation is 1. The van der Waals surface area contributed by atoms with E-state index >= 15 is 0 Å². The van der Waals surface area contributed by atoms with Crippen LogP contribution in [0.3, 0.4) is 0 Å². The molecule has 27 heavy (non-hydrogen) atoms. The highest BCUT2D eigenvalue weighted by Gasteiger charge is 2.31. The zero-order valence-electron chi connectivity index (χ0n) is 15.3. The number of rotatable bonds is 0. The van der Waals surface area contributed by atoms with Gasteiger partial charge in [-0.05, 0) is 59.9 Å². The Morgan fingerprint density at radius 1 is 1.15 bits per heavy atom. The Morgan fingerprint density at radius 2 is 1.89 bits per heavy atom. The highest BCUT2D eigenvalue weighted by Crippen LogP contribution is 2.50. The van der Waals surface area contributed by atoms with Crippen LogP contribution in [0.1, 0.15) is 33.4 Å². The first-order valence-electron chi connectivity index (χ1n) is 8.62. The van der Waals surface area contributed by atoms with Crippen LogP contribution in [0.15, 0.2) is 48.7 Å². The minimum absolute atomic E-state index is 0.637. The predicted octanol–water partition coefficient (Wildman–Crippen LogP) is 5.95. The van der Waals surface area contributed by atoms with Crippen LogP contribution in [0.2, 0.25) is 5.02 Å². The minimum Gasteiger partial charge on any atom is -0.397 e. The van der Waals surface area contributed by atoms with Crippen LogP contribution >= 0.6 is 11.6 Å². The molecule has 2 aromatic carbocycles. The molecular weight excluding hydrogens is 352 g/mol. The number of nitrogens with one attached hydrogen (secondary N) is 1. The average molecular weight is 371 g/mol. The van der Waals surface area contributed by atoms with Crippen LogP contribution in [0.25, 0.3) is 17.2 Å². The number of hydrogen-bond donors (Lipinski definition) is 2. The van der Waals surface area contributed by atoms with Crippen molar-refractivity contribution in [3.05, 3.63) is 87.1 Å². The summed E-state index contributed by atoms with van der Waals surface area (Å²) in [7, 11) is 0. The fourth-order valence-corrected chi connectivity index (χ4v) is 4.10. The summed E-state index contributed by atoms with van der Waals surface area (Å²) in [5.41, 5.74) is 17.1. The van der Waals surface area contributed by atoms with Crippen molar-refractivity contribution in [1.29, 1.82) is 0 Å². The molecule has 0 spiro atoms. The van der Waals surface area contributed by atoms with Gasteiger partial charge in [-0.2, -0.15) is 0 Å². The molecule has 1 aliphatic carbocycles. The lowest BCUT2D eigenvalue weighted by Gasteiger charge is -2.22. The number of nitrogens with two attached hydrogens (primary N) is 1. The monoisotopic (exact) mass is 370 g/mol. The lowest BCUT2D eigenvalue weighted by Crippen LogP contribution is -2.09. The van der Waals surface area contributed by atoms with Gasteiger partial charge in [-0.3, -0.25) is 0 Å². The van der Waals surface area contributed by atoms with Crippen LogP contribution in [0.4, 0.5) is 11.4 Å². The van der Waals surface area contributed by atoms with Crippen molar-refractivity contribution in [2.24, 2.45) is 0 Å². The third-order valence-electron chi connectivity index (χ3n) is 5.34. The number of nitrogen functional groups attached to an aromatic ring is 1. The van der Waals surface area contributed by atoms with E-state index in [4.69, 9.17) is 23.8 Å². The van der Waals surface area contributed by atoms with E-state index < -0.39 is 0 Å². The zero-order valence-corrected chi connectivity index (χ0v) is 16.1. The van der Waals surface area contributed by atoms with E-state index in [1.54, 1.807) is 0 Å². The number of fused-ring (bicyclic) bond motifs is 2. The smallest absolute Gasteiger partial charge is 0.0694 e. The maximum atomic E-state index is 6.64. The van der Waals surface area contributed by atoms with E-state index in [0.717, 1.165) is 61.5 Å². The SMILES string of the molecule is C#Cc1cc2c(c(Cl)c1C)C(=C)/C(=C1/C=Cc3c(C)ccc(N)c3N1)C2=C. The molecule has 2 aromatic rings. The molecule has 4 rings (SSSR count). The largest absolute Gasteiger partial charge is 0.397 e. The third-order valence-corrected chi connectivity index (χ3v) is 5.81. The number of benzene rings is 2. The topological polar surface area (TPSA) is 38.0 Å². The van der Waals surface area contributed by atoms with Crippen LogP contribution in [-0.4, -0.2) is 0 Å². The van der Waals surface area contributed by atoms with E-state index in [1.165, 1.54) is 0 Å². The Kier molecular flexibility index (Phi) is 3.80. The van der Waals surface area contributed by atoms with E-state index in [-0.39, 0.29) is 0 Å². The molecule has 3 N–H and O–H groups in total. The molecule has 0 atom stereocenters. The summed E-state index contributed by atoms with van der Waals surface area (Å²) < 4.78 is 0. The number of halogens is 1. The summed E-state index contributed by atoms with van der Waals surface area (Å²) in [6.07, 6.45) is 9.75. The quantitative estimate of drug-likeness (QED) is 0.444. The van der Waals surface area contributed by atoms with E-state index in [1.807, 2.05) is 31.2 Å². The third kappa shape index (κ3) is 2.36. The van der Waals surface area contributed by atoms with Crippen molar-refractivity contribution in [3.63, 3.8) is 0 Å². The lowest BCUT2D eigenvalue weighted by molar-refractivity contribution is 1.36. The molecule has 2 aliphatic rings. The van der Waals surface area contributed by atoms with Gasteiger partial charge < -0.3 is 11.1 Å². The standard InChI is InChI=1S/C24H19ClN2/c1-6-16-11-18-14(4)21(15(5)22(18)23(25)13(16)3)20-10-8-17-12(2)7-9-19(26)24(17)27-20/h1,7-11,27H,4-5,26H2,2-3H3/b21-20-. The van der Waals surface area contributed by atoms with Crippen molar-refractivity contribution < 1.29 is 0 Å². The van der Waals surface area contributed by atoms with Gasteiger partial charge in [-0.1, -0.05) is 42.8 Å². The molecule has 0 saturated carbocycles. The van der Waals surface area contributed by atoms with Gasteiger partial charge >= 0.3 is 0 Å². The lowest BCUT2D eigenvalue weighted by atomic mass is 9.97. The molecule has 0 amide bonds. The Bertz CT molecular complexity index is 1170. The molecule has 0 aromatic heterocycles. The minimum atomic E-state index is 0.637. The van der Waals surface area contributed by atoms with Gasteiger partial charge in [0.25, 0.3) is 0 Å². The van der Waals surface area contributed by atoms with Crippen molar-refractivity contribution >= 4 is 40.2 Å². The molecule has 2 nitrogen and oxygen atoms in total. The molecular formula is C24H19ClN2. The number of hydrogen-bond acceptors (Lipinski definition) is 2. The highest BCUT2D eigenvalue weighted by molar-refractivity contribution is 6.35. The average Bonchev–Trinajstić information content (AvgIpc) is 2.91. The number of terminal acetylenes is 1. The first-order valence-corrected chi connectivity index (χ1v) is 9.00. The second-order valence-corrected chi connectivity index (χ2v) is 7.27. The molecule has 3 heteroatoms. The van der Waals surface area contributed by atoms with Crippen molar-refractivity contribution in [1.82, 2.24) is 0 Å². The molecule has 1 heterocycles. The van der Waals surface area contributed by atoms with Crippen LogP contribution in [0, 0.1) is 26.2 Å². The van der Waals surface area contributed by atoms with E-state index in [9.17, 15) is 0 Å². The first-order chi connectivity index (χ1) is 12.8. The fourth-order valence-electron chi connectivity index (χ4n) is 3.78. The van der Waals surface area contributed by atoms with Crippen molar-refractivity contribution in [2.75, 3.05) is 11.1 Å². The summed E-state index contributed by atoms with van der Waals surface area (Å²) >= 11 is 6.64. The van der Waals surface area contributed by atoms with E-state index in [0.29, 0.717) is 10.7 Å². The second-order valence-electron chi connectivity index (χ2n) is 6.89.